The van der Waals surface area contributed by atoms with Crippen LogP contribution in [0.4, 0.5) is 0 Å². The van der Waals surface area contributed by atoms with Crippen LogP contribution in [0.3, 0.4) is 0 Å². The molecule has 0 bridgehead atoms. The lowest BCUT2D eigenvalue weighted by atomic mass is 10.4. The zero-order chi connectivity index (χ0) is 12.6. The third kappa shape index (κ3) is 24.5. The van der Waals surface area contributed by atoms with E-state index in [2.05, 4.69) is 0 Å². The van der Waals surface area contributed by atoms with Gasteiger partial charge in [-0.05, 0) is 0 Å². The average Bonchev–Trinajstić information content (AvgIpc) is 1.96. The quantitative estimate of drug-likeness (QED) is 0.195. The van der Waals surface area contributed by atoms with Gasteiger partial charge in [-0.1, -0.05) is 0 Å². The third-order valence-electron chi connectivity index (χ3n) is 1.07. The average molecular weight is 243 g/mol. The molecule has 0 amide bonds. The van der Waals surface area contributed by atoms with Crippen molar-refractivity contribution in [1.82, 2.24) is 4.90 Å². The number of nitrogens with two attached hydrogens (primary N) is 1. The van der Waals surface area contributed by atoms with Crippen LogP contribution in [0.1, 0.15) is 6.42 Å². The van der Waals surface area contributed by atoms with Crippen molar-refractivity contribution in [2.45, 2.75) is 6.42 Å². The van der Waals surface area contributed by atoms with Crippen LogP contribution >= 0.6 is 7.82 Å². The van der Waals surface area contributed by atoms with E-state index < -0.39 is 13.8 Å². The Morgan fingerprint density at radius 2 is 1.80 bits per heavy atom. The smallest absolute Gasteiger partial charge is 0.466 e. The van der Waals surface area contributed by atoms with Crippen LogP contribution < -0.4 is 5.73 Å². The number of phosphoric acid groups is 1. The highest BCUT2D eigenvalue weighted by Gasteiger charge is 2.01. The van der Waals surface area contributed by atoms with Gasteiger partial charge in [0.15, 0.2) is 5.96 Å². The summed E-state index contributed by atoms with van der Waals surface area (Å²) >= 11 is 0. The molecule has 0 saturated heterocycles. The molecule has 0 spiro atoms. The second-order valence-electron chi connectivity index (χ2n) is 2.46. The molecule has 0 atom stereocenters. The van der Waals surface area contributed by atoms with Crippen LogP contribution in [-0.2, 0) is 9.36 Å². The first-order chi connectivity index (χ1) is 6.54. The highest BCUT2D eigenvalue weighted by Crippen LogP contribution is 2.25. The summed E-state index contributed by atoms with van der Waals surface area (Å²) in [5.41, 5.74) is 5.04. The van der Waals surface area contributed by atoms with E-state index in [1.807, 2.05) is 0 Å². The minimum Gasteiger partial charge on any atom is -0.481 e. The van der Waals surface area contributed by atoms with Crippen LogP contribution in [-0.4, -0.2) is 50.2 Å². The molecule has 0 radical (unpaired) electrons. The van der Waals surface area contributed by atoms with Crippen LogP contribution in [0.25, 0.3) is 0 Å². The number of carboxylic acid groups (broad SMARTS) is 1. The van der Waals surface area contributed by atoms with Crippen molar-refractivity contribution in [2.75, 3.05) is 13.6 Å². The number of aliphatic carboxylic acids is 1. The Hall–Kier alpha value is -1.15. The van der Waals surface area contributed by atoms with Gasteiger partial charge in [-0.15, -0.1) is 0 Å². The van der Waals surface area contributed by atoms with Gasteiger partial charge >= 0.3 is 13.8 Å². The predicted octanol–water partition coefficient (Wildman–Crippen LogP) is -1.64. The number of nitrogens with one attached hydrogen (secondary N) is 1. The first-order valence-corrected chi connectivity index (χ1v) is 5.15. The van der Waals surface area contributed by atoms with Crippen LogP contribution in [0, 0.1) is 5.41 Å². The van der Waals surface area contributed by atoms with Crippen molar-refractivity contribution in [3.63, 3.8) is 0 Å². The summed E-state index contributed by atoms with van der Waals surface area (Å²) in [6, 6.07) is 0. The molecule has 0 aromatic rings. The molecule has 0 fully saturated rings. The maximum atomic E-state index is 9.99. The lowest BCUT2D eigenvalue weighted by molar-refractivity contribution is -0.137. The molecule has 9 nitrogen and oxygen atoms in total. The van der Waals surface area contributed by atoms with E-state index in [0.717, 1.165) is 0 Å². The molecule has 0 aliphatic heterocycles. The largest absolute Gasteiger partial charge is 0.481 e. The molecule has 0 aliphatic rings. The van der Waals surface area contributed by atoms with E-state index in [4.69, 9.17) is 35.5 Å². The van der Waals surface area contributed by atoms with Crippen molar-refractivity contribution in [2.24, 2.45) is 5.73 Å². The van der Waals surface area contributed by atoms with Gasteiger partial charge in [0.05, 0.1) is 6.42 Å². The van der Waals surface area contributed by atoms with Crippen molar-refractivity contribution in [1.29, 1.82) is 5.41 Å². The number of hydrogen-bond donors (Lipinski definition) is 6. The van der Waals surface area contributed by atoms with Gasteiger partial charge in [-0.2, -0.15) is 0 Å². The summed E-state index contributed by atoms with van der Waals surface area (Å²) in [7, 11) is -3.06. The molecule has 90 valence electrons. The van der Waals surface area contributed by atoms with Gasteiger partial charge in [-0.25, -0.2) is 4.57 Å². The molecule has 0 unspecified atom stereocenters. The standard InChI is InChI=1S/C5H11N3O2.H3O4P/c1-8(5(6)7)3-2-4(9)10;1-5(2,3)4/h2-3H2,1H3,(H3,6,7)(H,9,10);(H3,1,2,3,4). The SMILES string of the molecule is CN(CCC(=O)O)C(=N)N.O=P(O)(O)O. The molecule has 10 heteroatoms. The zero-order valence-corrected chi connectivity index (χ0v) is 8.89. The minimum absolute atomic E-state index is 0.01000. The molecule has 0 saturated carbocycles. The zero-order valence-electron chi connectivity index (χ0n) is 7.99. The van der Waals surface area contributed by atoms with Crippen LogP contribution in [0.5, 0.6) is 0 Å². The van der Waals surface area contributed by atoms with E-state index in [0.29, 0.717) is 0 Å². The Morgan fingerprint density at radius 3 is 2.00 bits per heavy atom. The highest BCUT2D eigenvalue weighted by molar-refractivity contribution is 7.45. The Morgan fingerprint density at radius 1 is 1.47 bits per heavy atom. The van der Waals surface area contributed by atoms with Crippen LogP contribution in [0.2, 0.25) is 0 Å². The fourth-order valence-electron chi connectivity index (χ4n) is 0.384. The monoisotopic (exact) mass is 243 g/mol. The Labute approximate surface area is 85.9 Å². The first-order valence-electron chi connectivity index (χ1n) is 3.59. The lowest BCUT2D eigenvalue weighted by Gasteiger charge is -2.14. The van der Waals surface area contributed by atoms with Crippen molar-refractivity contribution in [3.8, 4) is 0 Å². The molecular weight excluding hydrogens is 229 g/mol. The van der Waals surface area contributed by atoms with Crippen molar-refractivity contribution in [3.05, 3.63) is 0 Å². The third-order valence-corrected chi connectivity index (χ3v) is 1.07. The second-order valence-corrected chi connectivity index (χ2v) is 3.49. The normalized spacial score (nSPS) is 9.87. The molecule has 7 N–H and O–H groups in total. The minimum atomic E-state index is -4.64. The van der Waals surface area contributed by atoms with E-state index in [1.165, 1.54) is 4.90 Å². The maximum absolute atomic E-state index is 9.99. The number of rotatable bonds is 3. The van der Waals surface area contributed by atoms with E-state index in [9.17, 15) is 4.79 Å². The number of hydrogen-bond acceptors (Lipinski definition) is 3. The van der Waals surface area contributed by atoms with Gasteiger partial charge in [0, 0.05) is 13.6 Å². The molecule has 0 aliphatic carbocycles. The van der Waals surface area contributed by atoms with Crippen molar-refractivity contribution >= 4 is 19.8 Å². The predicted molar refractivity (Wildman–Crippen MR) is 51.1 cm³/mol. The fourth-order valence-corrected chi connectivity index (χ4v) is 0.384. The number of nitrogens with zero attached hydrogens (tertiary/aromatic N) is 1. The van der Waals surface area contributed by atoms with E-state index in [1.54, 1.807) is 7.05 Å². The summed E-state index contributed by atoms with van der Waals surface area (Å²) in [5, 5.41) is 15.1. The van der Waals surface area contributed by atoms with Gasteiger partial charge < -0.3 is 30.4 Å². The summed E-state index contributed by atoms with van der Waals surface area (Å²) in [5.74, 6) is -0.991. The van der Waals surface area contributed by atoms with E-state index in [-0.39, 0.29) is 18.9 Å². The van der Waals surface area contributed by atoms with E-state index >= 15 is 0 Å². The topological polar surface area (TPSA) is 168 Å². The Balaban J connectivity index is 0. The Kier molecular flexibility index (Phi) is 7.80. The molecule has 0 aromatic heterocycles. The van der Waals surface area contributed by atoms with Crippen molar-refractivity contribution < 1.29 is 29.1 Å². The summed E-state index contributed by atoms with van der Waals surface area (Å²) in [6.45, 7) is 0.282. The molecule has 15 heavy (non-hydrogen) atoms. The second kappa shape index (κ2) is 7.18. The summed E-state index contributed by atoms with van der Waals surface area (Å²) < 4.78 is 8.88. The lowest BCUT2D eigenvalue weighted by Crippen LogP contribution is -2.34. The molecular formula is C5H14N3O6P. The number of guanidine groups is 1. The van der Waals surface area contributed by atoms with Crippen LogP contribution in [0.15, 0.2) is 0 Å². The highest BCUT2D eigenvalue weighted by atomic mass is 31.2. The number of carboxylic acids is 1. The number of carbonyl (C=O) groups is 1. The molecule has 0 aromatic carbocycles. The summed E-state index contributed by atoms with van der Waals surface area (Å²) in [4.78, 5) is 32.9. The van der Waals surface area contributed by atoms with Gasteiger partial charge in [0.1, 0.15) is 0 Å². The summed E-state index contributed by atoms with van der Waals surface area (Å²) in [6.07, 6.45) is 0.01000. The molecule has 0 rings (SSSR count). The van der Waals surface area contributed by atoms with Gasteiger partial charge in [0.25, 0.3) is 0 Å². The molecule has 0 heterocycles. The maximum Gasteiger partial charge on any atom is 0.466 e. The van der Waals surface area contributed by atoms with Gasteiger partial charge in [0.2, 0.25) is 0 Å². The first kappa shape index (κ1) is 16.3. The van der Waals surface area contributed by atoms with Gasteiger partial charge in [-0.3, -0.25) is 10.2 Å². The fraction of sp³-hybridized carbons (Fsp3) is 0.600. The Bertz CT molecular complexity index is 255.